The molecule has 8 heteroatoms. The Morgan fingerprint density at radius 3 is 2.38 bits per heavy atom. The molecule has 0 saturated carbocycles. The molecule has 2 aromatic carbocycles. The van der Waals surface area contributed by atoms with E-state index in [1.807, 2.05) is 0 Å². The Balaban J connectivity index is 1.83. The Labute approximate surface area is 148 Å². The molecule has 3 N–H and O–H groups in total. The Bertz CT molecular complexity index is 807. The molecular formula is C18H17FN2O5. The number of halogens is 1. The number of anilines is 1. The predicted octanol–water partition coefficient (Wildman–Crippen LogP) is 1.87. The van der Waals surface area contributed by atoms with Gasteiger partial charge in [-0.3, -0.25) is 9.59 Å². The van der Waals surface area contributed by atoms with E-state index in [-0.39, 0.29) is 5.75 Å². The van der Waals surface area contributed by atoms with Crippen molar-refractivity contribution in [1.29, 1.82) is 0 Å². The molecule has 1 atom stereocenters. The van der Waals surface area contributed by atoms with E-state index in [0.29, 0.717) is 11.3 Å². The molecule has 0 spiro atoms. The molecule has 2 amide bonds. The van der Waals surface area contributed by atoms with Crippen molar-refractivity contribution in [3.05, 3.63) is 59.9 Å². The fraction of sp³-hybridized carbons (Fsp3) is 0.167. The smallest absolute Gasteiger partial charge is 0.344 e. The van der Waals surface area contributed by atoms with Gasteiger partial charge in [0.15, 0.2) is 24.3 Å². The van der Waals surface area contributed by atoms with Gasteiger partial charge in [-0.05, 0) is 43.3 Å². The van der Waals surface area contributed by atoms with Crippen LogP contribution in [0.25, 0.3) is 0 Å². The number of nitrogens with two attached hydrogens (primary N) is 1. The lowest BCUT2D eigenvalue weighted by molar-refractivity contribution is -0.155. The van der Waals surface area contributed by atoms with Gasteiger partial charge in [0.25, 0.3) is 5.91 Å². The molecule has 0 saturated heterocycles. The van der Waals surface area contributed by atoms with Gasteiger partial charge in [0.1, 0.15) is 0 Å². The summed E-state index contributed by atoms with van der Waals surface area (Å²) in [7, 11) is 0. The number of amides is 2. The Kier molecular flexibility index (Phi) is 6.26. The van der Waals surface area contributed by atoms with Crippen LogP contribution in [0.2, 0.25) is 0 Å². The molecule has 0 aliphatic heterocycles. The van der Waals surface area contributed by atoms with Gasteiger partial charge in [-0.1, -0.05) is 12.1 Å². The number of benzene rings is 2. The zero-order valence-corrected chi connectivity index (χ0v) is 13.9. The first kappa shape index (κ1) is 18.9. The molecular weight excluding hydrogens is 343 g/mol. The molecule has 26 heavy (non-hydrogen) atoms. The van der Waals surface area contributed by atoms with Crippen LogP contribution in [0.4, 0.5) is 10.1 Å². The maximum absolute atomic E-state index is 13.4. The number of hydrogen-bond acceptors (Lipinski definition) is 5. The third-order valence-corrected chi connectivity index (χ3v) is 3.30. The van der Waals surface area contributed by atoms with Crippen LogP contribution >= 0.6 is 0 Å². The van der Waals surface area contributed by atoms with E-state index in [2.05, 4.69) is 5.32 Å². The first-order chi connectivity index (χ1) is 12.4. The molecule has 136 valence electrons. The van der Waals surface area contributed by atoms with E-state index < -0.39 is 36.3 Å². The second-order valence-electron chi connectivity index (χ2n) is 5.28. The third-order valence-electron chi connectivity index (χ3n) is 3.30. The van der Waals surface area contributed by atoms with Crippen molar-refractivity contribution < 1.29 is 28.2 Å². The van der Waals surface area contributed by atoms with E-state index >= 15 is 0 Å². The van der Waals surface area contributed by atoms with Gasteiger partial charge < -0.3 is 20.5 Å². The molecule has 2 aromatic rings. The number of para-hydroxylation sites is 1. The minimum atomic E-state index is -1.09. The summed E-state index contributed by atoms with van der Waals surface area (Å²) in [6.07, 6.45) is -1.09. The molecule has 0 aliphatic carbocycles. The predicted molar refractivity (Wildman–Crippen MR) is 91.0 cm³/mol. The molecule has 0 heterocycles. The first-order valence-electron chi connectivity index (χ1n) is 7.64. The van der Waals surface area contributed by atoms with Crippen molar-refractivity contribution in [2.75, 3.05) is 11.9 Å². The van der Waals surface area contributed by atoms with Crippen molar-refractivity contribution in [2.24, 2.45) is 5.73 Å². The van der Waals surface area contributed by atoms with Crippen molar-refractivity contribution in [3.8, 4) is 5.75 Å². The largest absolute Gasteiger partial charge is 0.479 e. The lowest BCUT2D eigenvalue weighted by Gasteiger charge is -2.14. The Hall–Kier alpha value is -3.42. The van der Waals surface area contributed by atoms with E-state index in [4.69, 9.17) is 15.2 Å². The number of primary amides is 1. The van der Waals surface area contributed by atoms with Gasteiger partial charge >= 0.3 is 5.97 Å². The zero-order valence-electron chi connectivity index (χ0n) is 13.9. The summed E-state index contributed by atoms with van der Waals surface area (Å²) in [5.41, 5.74) is 5.84. The normalized spacial score (nSPS) is 11.3. The highest BCUT2D eigenvalue weighted by molar-refractivity contribution is 5.96. The summed E-state index contributed by atoms with van der Waals surface area (Å²) in [6.45, 7) is 0.847. The van der Waals surface area contributed by atoms with E-state index in [1.165, 1.54) is 49.4 Å². The quantitative estimate of drug-likeness (QED) is 0.733. The SMILES string of the molecule is C[C@@H](OC(=O)COc1ccccc1F)C(=O)Nc1ccc(C(N)=O)cc1. The fourth-order valence-corrected chi connectivity index (χ4v) is 1.94. The van der Waals surface area contributed by atoms with Gasteiger partial charge in [-0.15, -0.1) is 0 Å². The summed E-state index contributed by atoms with van der Waals surface area (Å²) < 4.78 is 23.3. The summed E-state index contributed by atoms with van der Waals surface area (Å²) in [6, 6.07) is 11.5. The monoisotopic (exact) mass is 360 g/mol. The Morgan fingerprint density at radius 2 is 1.77 bits per heavy atom. The Morgan fingerprint density at radius 1 is 1.12 bits per heavy atom. The van der Waals surface area contributed by atoms with Crippen LogP contribution < -0.4 is 15.8 Å². The maximum atomic E-state index is 13.4. The van der Waals surface area contributed by atoms with Crippen LogP contribution in [-0.2, 0) is 14.3 Å². The van der Waals surface area contributed by atoms with Crippen LogP contribution in [0.1, 0.15) is 17.3 Å². The summed E-state index contributed by atoms with van der Waals surface area (Å²) in [5, 5.41) is 2.53. The first-order valence-corrected chi connectivity index (χ1v) is 7.64. The highest BCUT2D eigenvalue weighted by atomic mass is 19.1. The maximum Gasteiger partial charge on any atom is 0.344 e. The van der Waals surface area contributed by atoms with Crippen molar-refractivity contribution in [3.63, 3.8) is 0 Å². The zero-order chi connectivity index (χ0) is 19.1. The van der Waals surface area contributed by atoms with Crippen molar-refractivity contribution >= 4 is 23.5 Å². The number of nitrogens with one attached hydrogen (secondary N) is 1. The van der Waals surface area contributed by atoms with Crippen LogP contribution in [0.15, 0.2) is 48.5 Å². The van der Waals surface area contributed by atoms with Crippen LogP contribution in [0.3, 0.4) is 0 Å². The third kappa shape index (κ3) is 5.30. The lowest BCUT2D eigenvalue weighted by atomic mass is 10.2. The second-order valence-corrected chi connectivity index (χ2v) is 5.28. The minimum absolute atomic E-state index is 0.0869. The minimum Gasteiger partial charge on any atom is -0.479 e. The number of esters is 1. The van der Waals surface area contributed by atoms with Gasteiger partial charge in [0.05, 0.1) is 0 Å². The van der Waals surface area contributed by atoms with Gasteiger partial charge in [-0.2, -0.15) is 0 Å². The van der Waals surface area contributed by atoms with E-state index in [1.54, 1.807) is 6.07 Å². The number of carbonyl (C=O) groups excluding carboxylic acids is 3. The number of carbonyl (C=O) groups is 3. The van der Waals surface area contributed by atoms with Crippen LogP contribution in [-0.4, -0.2) is 30.5 Å². The average molecular weight is 360 g/mol. The summed E-state index contributed by atoms with van der Waals surface area (Å²) in [5.74, 6) is -2.67. The molecule has 0 unspecified atom stereocenters. The molecule has 0 aromatic heterocycles. The standard InChI is InChI=1S/C18H17FN2O5/c1-11(18(24)21-13-8-6-12(7-9-13)17(20)23)26-16(22)10-25-15-5-3-2-4-14(15)19/h2-9,11H,10H2,1H3,(H2,20,23)(H,21,24)/t11-/m1/s1. The molecule has 0 radical (unpaired) electrons. The lowest BCUT2D eigenvalue weighted by Crippen LogP contribution is -2.31. The number of ether oxygens (including phenoxy) is 2. The topological polar surface area (TPSA) is 108 Å². The van der Waals surface area contributed by atoms with Crippen molar-refractivity contribution in [2.45, 2.75) is 13.0 Å². The van der Waals surface area contributed by atoms with Crippen LogP contribution in [0, 0.1) is 5.82 Å². The van der Waals surface area contributed by atoms with Crippen molar-refractivity contribution in [1.82, 2.24) is 0 Å². The average Bonchev–Trinajstić information content (AvgIpc) is 2.61. The van der Waals surface area contributed by atoms with Gasteiger partial charge in [-0.25, -0.2) is 9.18 Å². The van der Waals surface area contributed by atoms with E-state index in [0.717, 1.165) is 0 Å². The summed E-state index contributed by atoms with van der Waals surface area (Å²) >= 11 is 0. The highest BCUT2D eigenvalue weighted by Crippen LogP contribution is 2.15. The summed E-state index contributed by atoms with van der Waals surface area (Å²) in [4.78, 5) is 34.7. The van der Waals surface area contributed by atoms with E-state index in [9.17, 15) is 18.8 Å². The molecule has 0 fully saturated rings. The molecule has 2 rings (SSSR count). The molecule has 0 aliphatic rings. The number of hydrogen-bond donors (Lipinski definition) is 2. The number of rotatable bonds is 7. The van der Waals surface area contributed by atoms with Gasteiger partial charge in [0.2, 0.25) is 5.91 Å². The fourth-order valence-electron chi connectivity index (χ4n) is 1.94. The van der Waals surface area contributed by atoms with Crippen LogP contribution in [0.5, 0.6) is 5.75 Å². The van der Waals surface area contributed by atoms with Gasteiger partial charge in [0, 0.05) is 11.3 Å². The highest BCUT2D eigenvalue weighted by Gasteiger charge is 2.18. The second kappa shape index (κ2) is 8.61. The molecule has 7 nitrogen and oxygen atoms in total. The molecule has 0 bridgehead atoms.